The molecule has 13 aromatic rings. The number of rotatable bonds is 9. The zero-order valence-electron chi connectivity index (χ0n) is 52.3. The Kier molecular flexibility index (Phi) is 12.5. The van der Waals surface area contributed by atoms with E-state index in [2.05, 4.69) is 339 Å². The maximum Gasteiger partial charge on any atom is 0.0725 e. The molecule has 89 heavy (non-hydrogen) atoms. The van der Waals surface area contributed by atoms with Gasteiger partial charge in [-0.25, -0.2) is 0 Å². The Labute approximate surface area is 525 Å². The van der Waals surface area contributed by atoms with Gasteiger partial charge in [0.2, 0.25) is 0 Å². The normalized spacial score (nSPS) is 15.3. The molecule has 0 heterocycles. The van der Waals surface area contributed by atoms with Crippen molar-refractivity contribution in [3.63, 3.8) is 0 Å². The Morgan fingerprint density at radius 1 is 0.303 bits per heavy atom. The van der Waals surface area contributed by atoms with Gasteiger partial charge in [0.1, 0.15) is 0 Å². The molecule has 2 atom stereocenters. The van der Waals surface area contributed by atoms with Crippen LogP contribution in [0.4, 0.5) is 17.1 Å². The molecule has 1 heteroatoms. The summed E-state index contributed by atoms with van der Waals surface area (Å²) < 4.78 is 0. The molecule has 1 nitrogen and oxygen atoms in total. The predicted molar refractivity (Wildman–Crippen MR) is 378 cm³/mol. The van der Waals surface area contributed by atoms with E-state index in [0.717, 1.165) is 23.5 Å². The molecule has 0 radical (unpaired) electrons. The minimum Gasteiger partial charge on any atom is -0.310 e. The van der Waals surface area contributed by atoms with Crippen molar-refractivity contribution >= 4 is 38.6 Å². The predicted octanol–water partition coefficient (Wildman–Crippen LogP) is 24.3. The molecule has 0 aliphatic heterocycles. The lowest BCUT2D eigenvalue weighted by Crippen LogP contribution is -2.26. The molecule has 0 bridgehead atoms. The second-order valence-electron chi connectivity index (χ2n) is 28.2. The molecule has 1 spiro atoms. The molecule has 0 N–H and O–H groups in total. The third-order valence-electron chi connectivity index (χ3n) is 20.3. The Morgan fingerprint density at radius 3 is 1.26 bits per heavy atom. The van der Waals surface area contributed by atoms with Crippen LogP contribution >= 0.6 is 0 Å². The highest BCUT2D eigenvalue weighted by atomic mass is 15.1. The Morgan fingerprint density at radius 2 is 0.697 bits per heavy atom. The van der Waals surface area contributed by atoms with Gasteiger partial charge in [0, 0.05) is 22.5 Å². The second-order valence-corrected chi connectivity index (χ2v) is 28.2. The van der Waals surface area contributed by atoms with Crippen molar-refractivity contribution in [3.05, 3.63) is 318 Å². The van der Waals surface area contributed by atoms with E-state index in [0.29, 0.717) is 5.92 Å². The van der Waals surface area contributed by atoms with Gasteiger partial charge in [0.05, 0.1) is 5.41 Å². The van der Waals surface area contributed by atoms with Gasteiger partial charge in [-0.1, -0.05) is 286 Å². The van der Waals surface area contributed by atoms with Crippen LogP contribution in [0.25, 0.3) is 99.4 Å². The molecule has 3 aliphatic rings. The summed E-state index contributed by atoms with van der Waals surface area (Å²) in [7, 11) is 0. The van der Waals surface area contributed by atoms with E-state index in [1.807, 2.05) is 0 Å². The van der Waals surface area contributed by atoms with E-state index in [9.17, 15) is 0 Å². The molecule has 3 aliphatic carbocycles. The second kappa shape index (κ2) is 20.4. The number of hydrogen-bond donors (Lipinski definition) is 0. The Balaban J connectivity index is 0.836. The molecule has 2 unspecified atom stereocenters. The fourth-order valence-corrected chi connectivity index (χ4v) is 16.2. The number of fused-ring (bicyclic) bond motifs is 15. The van der Waals surface area contributed by atoms with Crippen LogP contribution < -0.4 is 4.90 Å². The van der Waals surface area contributed by atoms with Crippen molar-refractivity contribution in [1.82, 2.24) is 0 Å². The zero-order valence-corrected chi connectivity index (χ0v) is 52.3. The average molecular weight is 1140 g/mol. The van der Waals surface area contributed by atoms with Crippen LogP contribution in [-0.4, -0.2) is 0 Å². The minimum atomic E-state index is -0.534. The topological polar surface area (TPSA) is 3.24 Å². The summed E-state index contributed by atoms with van der Waals surface area (Å²) in [5.41, 5.74) is 30.3. The highest BCUT2D eigenvalue weighted by Gasteiger charge is 2.52. The van der Waals surface area contributed by atoms with Gasteiger partial charge in [-0.05, 0) is 210 Å². The van der Waals surface area contributed by atoms with Crippen LogP contribution in [0.15, 0.2) is 279 Å². The van der Waals surface area contributed by atoms with Gasteiger partial charge in [-0.2, -0.15) is 0 Å². The maximum absolute atomic E-state index is 2.58. The average Bonchev–Trinajstić information content (AvgIpc) is 1.52. The number of hydrogen-bond acceptors (Lipinski definition) is 1. The quantitative estimate of drug-likeness (QED) is 0.130. The van der Waals surface area contributed by atoms with E-state index in [1.54, 1.807) is 0 Å². The zero-order chi connectivity index (χ0) is 60.6. The van der Waals surface area contributed by atoms with E-state index < -0.39 is 5.41 Å². The molecule has 13 aromatic carbocycles. The van der Waals surface area contributed by atoms with Crippen LogP contribution in [0.3, 0.4) is 0 Å². The van der Waals surface area contributed by atoms with Gasteiger partial charge in [-0.15, -0.1) is 0 Å². The number of nitrogens with zero attached hydrogens (tertiary/aromatic N) is 1. The fourth-order valence-electron chi connectivity index (χ4n) is 16.2. The number of anilines is 3. The lowest BCUT2D eigenvalue weighted by Gasteiger charge is -2.36. The highest BCUT2D eigenvalue weighted by molar-refractivity contribution is 6.21. The van der Waals surface area contributed by atoms with Gasteiger partial charge >= 0.3 is 0 Å². The molecular weight excluding hydrogens is 1070 g/mol. The molecule has 16 rings (SSSR count). The first kappa shape index (κ1) is 54.6. The molecular formula is C88H73N. The van der Waals surface area contributed by atoms with Crippen LogP contribution in [0.5, 0.6) is 0 Å². The first-order chi connectivity index (χ1) is 43.1. The fraction of sp³-hybridized carbons (Fsp3) is 0.159. The van der Waals surface area contributed by atoms with Crippen LogP contribution in [-0.2, 0) is 10.8 Å². The highest BCUT2D eigenvalue weighted by Crippen LogP contribution is 2.64. The van der Waals surface area contributed by atoms with Gasteiger partial charge < -0.3 is 4.90 Å². The van der Waals surface area contributed by atoms with Crippen molar-refractivity contribution in [3.8, 4) is 77.9 Å². The summed E-state index contributed by atoms with van der Waals surface area (Å²) in [6, 6.07) is 106. The van der Waals surface area contributed by atoms with Crippen molar-refractivity contribution in [2.75, 3.05) is 4.90 Å². The lowest BCUT2D eigenvalue weighted by atomic mass is 9.68. The van der Waals surface area contributed by atoms with E-state index in [1.165, 1.54) is 138 Å². The molecule has 0 saturated heterocycles. The molecule has 0 aromatic heterocycles. The third kappa shape index (κ3) is 8.64. The summed E-state index contributed by atoms with van der Waals surface area (Å²) >= 11 is 0. The smallest absolute Gasteiger partial charge is 0.0725 e. The third-order valence-corrected chi connectivity index (χ3v) is 20.3. The first-order valence-electron chi connectivity index (χ1n) is 32.0. The number of benzene rings is 13. The summed E-state index contributed by atoms with van der Waals surface area (Å²) in [5.74, 6) is 0.418. The van der Waals surface area contributed by atoms with Gasteiger partial charge in [0.25, 0.3) is 0 Å². The molecule has 430 valence electrons. The van der Waals surface area contributed by atoms with Gasteiger partial charge in [-0.3, -0.25) is 0 Å². The van der Waals surface area contributed by atoms with E-state index in [-0.39, 0.29) is 16.2 Å². The molecule has 0 saturated carbocycles. The van der Waals surface area contributed by atoms with Crippen LogP contribution in [0.2, 0.25) is 0 Å². The van der Waals surface area contributed by atoms with Crippen molar-refractivity contribution in [1.29, 1.82) is 0 Å². The minimum absolute atomic E-state index is 0.115. The summed E-state index contributed by atoms with van der Waals surface area (Å²) in [4.78, 5) is 2.44. The monoisotopic (exact) mass is 1140 g/mol. The van der Waals surface area contributed by atoms with Crippen molar-refractivity contribution in [2.45, 2.75) is 78.6 Å². The largest absolute Gasteiger partial charge is 0.310 e. The van der Waals surface area contributed by atoms with Crippen molar-refractivity contribution < 1.29 is 0 Å². The maximum atomic E-state index is 2.58. The van der Waals surface area contributed by atoms with Gasteiger partial charge in [0.15, 0.2) is 0 Å². The van der Waals surface area contributed by atoms with Crippen molar-refractivity contribution in [2.24, 2.45) is 10.8 Å². The van der Waals surface area contributed by atoms with Crippen LogP contribution in [0.1, 0.15) is 107 Å². The summed E-state index contributed by atoms with van der Waals surface area (Å²) in [6.45, 7) is 19.1. The van der Waals surface area contributed by atoms with E-state index in [4.69, 9.17) is 0 Å². The SMILES string of the molecule is CC(C)(C)CC(c1cccc(-c2ccc3c(c2)C2(c4ccccc4-3)c3ccccc3-c3ccc(-c4c5ccccc5c(-c5ccc(N(c6ccc(-c7ccccc7)cc6)c6ccc7c(c6)C(C)(C)c6ccccc6-7)cc5)c5ccccc45)cc32)c1)C(C)(C)C. The molecule has 0 fully saturated rings. The standard InChI is InChI=1S/C88H73N/c1-85(2,3)55-82(86(4,5)6)61-26-22-25-59(51-61)60-41-48-70-67-28-17-20-35-77(67)88(80(70)52-60)78-36-21-18-29-68(78)71-49-42-62(53-81(71)88)84-74-32-14-12-30-72(74)83(73-31-13-15-33-75(73)84)58-39-45-64(46-40-58)89(63-43-37-57(38-44-63)56-23-10-9-11-24-56)65-47-50-69-66-27-16-19-34-76(66)87(7,8)79(69)54-65/h9-54,82H,55H2,1-8H3. The van der Waals surface area contributed by atoms with Crippen LogP contribution in [0, 0.1) is 10.8 Å². The van der Waals surface area contributed by atoms with E-state index >= 15 is 0 Å². The first-order valence-corrected chi connectivity index (χ1v) is 32.0. The Hall–Kier alpha value is -9.82. The summed E-state index contributed by atoms with van der Waals surface area (Å²) in [5, 5.41) is 4.96. The molecule has 0 amide bonds. The lowest BCUT2D eigenvalue weighted by molar-refractivity contribution is 0.229. The Bertz CT molecular complexity index is 4900. The summed E-state index contributed by atoms with van der Waals surface area (Å²) in [6.07, 6.45) is 1.12.